The lowest BCUT2D eigenvalue weighted by atomic mass is 10.2. The number of nitriles is 1. The predicted octanol–water partition coefficient (Wildman–Crippen LogP) is 2.37. The van der Waals surface area contributed by atoms with Crippen molar-refractivity contribution in [3.8, 4) is 11.8 Å². The average molecular weight is 288 g/mol. The third kappa shape index (κ3) is 3.08. The van der Waals surface area contributed by atoms with Crippen LogP contribution in [0.1, 0.15) is 11.1 Å². The van der Waals surface area contributed by atoms with Gasteiger partial charge in [-0.2, -0.15) is 5.26 Å². The highest BCUT2D eigenvalue weighted by atomic mass is 32.2. The third-order valence-corrected chi connectivity index (χ3v) is 4.03. The largest absolute Gasteiger partial charge is 0.508 e. The highest BCUT2D eigenvalue weighted by Crippen LogP contribution is 2.22. The van der Waals surface area contributed by atoms with E-state index >= 15 is 0 Å². The lowest BCUT2D eigenvalue weighted by molar-refractivity contribution is 0.475. The smallest absolute Gasteiger partial charge is 0.261 e. The van der Waals surface area contributed by atoms with Crippen LogP contribution in [0.25, 0.3) is 0 Å². The van der Waals surface area contributed by atoms with Gasteiger partial charge in [-0.1, -0.05) is 17.7 Å². The van der Waals surface area contributed by atoms with Crippen molar-refractivity contribution in [2.24, 2.45) is 0 Å². The first-order valence-electron chi connectivity index (χ1n) is 5.74. The Morgan fingerprint density at radius 2 is 1.80 bits per heavy atom. The highest BCUT2D eigenvalue weighted by Gasteiger charge is 2.14. The second-order valence-corrected chi connectivity index (χ2v) is 5.98. The van der Waals surface area contributed by atoms with Gasteiger partial charge in [0, 0.05) is 6.07 Å². The first-order valence-corrected chi connectivity index (χ1v) is 7.23. The molecule has 6 heteroatoms. The lowest BCUT2D eigenvalue weighted by Crippen LogP contribution is -2.12. The highest BCUT2D eigenvalue weighted by molar-refractivity contribution is 7.92. The molecule has 2 rings (SSSR count). The van der Waals surface area contributed by atoms with Crippen LogP contribution in [0.4, 0.5) is 5.69 Å². The van der Waals surface area contributed by atoms with Crippen LogP contribution in [0.15, 0.2) is 47.4 Å². The maximum absolute atomic E-state index is 12.1. The van der Waals surface area contributed by atoms with E-state index < -0.39 is 10.0 Å². The molecule has 20 heavy (non-hydrogen) atoms. The van der Waals surface area contributed by atoms with E-state index in [-0.39, 0.29) is 21.9 Å². The Labute approximate surface area is 117 Å². The van der Waals surface area contributed by atoms with Crippen LogP contribution in [-0.2, 0) is 10.0 Å². The number of nitrogens with one attached hydrogen (secondary N) is 1. The Balaban J connectivity index is 2.36. The number of hydrogen-bond donors (Lipinski definition) is 2. The topological polar surface area (TPSA) is 90.2 Å². The molecule has 2 aromatic carbocycles. The standard InChI is InChI=1S/C14H12N2O3S/c1-10-2-4-14(5-3-10)20(18,19)16-12-6-11(9-15)7-13(17)8-12/h2-8,16-17H,1H3. The molecule has 0 aromatic heterocycles. The number of sulfonamides is 1. The lowest BCUT2D eigenvalue weighted by Gasteiger charge is -2.09. The van der Waals surface area contributed by atoms with Crippen LogP contribution < -0.4 is 4.72 Å². The number of rotatable bonds is 3. The van der Waals surface area contributed by atoms with Gasteiger partial charge in [0.05, 0.1) is 22.2 Å². The Morgan fingerprint density at radius 1 is 1.15 bits per heavy atom. The van der Waals surface area contributed by atoms with E-state index in [1.807, 2.05) is 13.0 Å². The zero-order valence-electron chi connectivity index (χ0n) is 10.7. The van der Waals surface area contributed by atoms with Gasteiger partial charge in [0.25, 0.3) is 10.0 Å². The first-order chi connectivity index (χ1) is 9.40. The van der Waals surface area contributed by atoms with E-state index in [0.717, 1.165) is 5.56 Å². The van der Waals surface area contributed by atoms with Gasteiger partial charge in [0.1, 0.15) is 5.75 Å². The van der Waals surface area contributed by atoms with Gasteiger partial charge in [0.2, 0.25) is 0 Å². The molecule has 2 N–H and O–H groups in total. The molecule has 0 aliphatic heterocycles. The minimum Gasteiger partial charge on any atom is -0.508 e. The van der Waals surface area contributed by atoms with E-state index in [0.29, 0.717) is 0 Å². The van der Waals surface area contributed by atoms with Crippen LogP contribution in [0, 0.1) is 18.3 Å². The number of nitrogens with zero attached hydrogens (tertiary/aromatic N) is 1. The molecule has 0 spiro atoms. The van der Waals surface area contributed by atoms with Gasteiger partial charge < -0.3 is 5.11 Å². The molecule has 5 nitrogen and oxygen atoms in total. The average Bonchev–Trinajstić information content (AvgIpc) is 2.37. The molecule has 0 aliphatic carbocycles. The molecular formula is C14H12N2O3S. The van der Waals surface area contributed by atoms with Crippen LogP contribution >= 0.6 is 0 Å². The predicted molar refractivity (Wildman–Crippen MR) is 74.8 cm³/mol. The summed E-state index contributed by atoms with van der Waals surface area (Å²) in [5.41, 5.74) is 1.27. The van der Waals surface area contributed by atoms with Crippen molar-refractivity contribution in [1.82, 2.24) is 0 Å². The Kier molecular flexibility index (Phi) is 3.63. The third-order valence-electron chi connectivity index (χ3n) is 2.63. The molecule has 0 heterocycles. The fraction of sp³-hybridized carbons (Fsp3) is 0.0714. The fourth-order valence-corrected chi connectivity index (χ4v) is 2.71. The number of benzene rings is 2. The molecule has 0 atom stereocenters. The summed E-state index contributed by atoms with van der Waals surface area (Å²) >= 11 is 0. The van der Waals surface area contributed by atoms with Gasteiger partial charge in [-0.3, -0.25) is 4.72 Å². The summed E-state index contributed by atoms with van der Waals surface area (Å²) in [6.07, 6.45) is 0. The summed E-state index contributed by atoms with van der Waals surface area (Å²) in [5, 5.41) is 18.2. The minimum absolute atomic E-state index is 0.116. The summed E-state index contributed by atoms with van der Waals surface area (Å²) in [6.45, 7) is 1.86. The number of aromatic hydroxyl groups is 1. The molecule has 0 bridgehead atoms. The molecule has 0 fully saturated rings. The van der Waals surface area contributed by atoms with Crippen molar-refractivity contribution in [2.75, 3.05) is 4.72 Å². The summed E-state index contributed by atoms with van der Waals surface area (Å²) in [6, 6.07) is 12.1. The summed E-state index contributed by atoms with van der Waals surface area (Å²) in [5.74, 6) is -0.175. The van der Waals surface area contributed by atoms with Crippen molar-refractivity contribution >= 4 is 15.7 Å². The zero-order valence-corrected chi connectivity index (χ0v) is 11.5. The second kappa shape index (κ2) is 5.23. The van der Waals surface area contributed by atoms with Crippen LogP contribution in [0.2, 0.25) is 0 Å². The van der Waals surface area contributed by atoms with Crippen molar-refractivity contribution < 1.29 is 13.5 Å². The van der Waals surface area contributed by atoms with Gasteiger partial charge >= 0.3 is 0 Å². The molecular weight excluding hydrogens is 276 g/mol. The van der Waals surface area contributed by atoms with Gasteiger partial charge in [-0.25, -0.2) is 8.42 Å². The number of phenols is 1. The first kappa shape index (κ1) is 13.9. The molecule has 0 aliphatic rings. The SMILES string of the molecule is Cc1ccc(S(=O)(=O)Nc2cc(O)cc(C#N)c2)cc1. The van der Waals surface area contributed by atoms with Crippen molar-refractivity contribution in [1.29, 1.82) is 5.26 Å². The quantitative estimate of drug-likeness (QED) is 0.907. The summed E-state index contributed by atoms with van der Waals surface area (Å²) in [4.78, 5) is 0.116. The van der Waals surface area contributed by atoms with Crippen LogP contribution in [0.3, 0.4) is 0 Å². The summed E-state index contributed by atoms with van der Waals surface area (Å²) < 4.78 is 26.6. The van der Waals surface area contributed by atoms with E-state index in [1.54, 1.807) is 12.1 Å². The molecule has 0 radical (unpaired) electrons. The van der Waals surface area contributed by atoms with Crippen molar-refractivity contribution in [2.45, 2.75) is 11.8 Å². The van der Waals surface area contributed by atoms with Crippen LogP contribution in [-0.4, -0.2) is 13.5 Å². The Bertz CT molecular complexity index is 775. The molecule has 102 valence electrons. The maximum atomic E-state index is 12.1. The van der Waals surface area contributed by atoms with Gasteiger partial charge in [-0.05, 0) is 31.2 Å². The molecule has 2 aromatic rings. The van der Waals surface area contributed by atoms with Crippen LogP contribution in [0.5, 0.6) is 5.75 Å². The molecule has 0 saturated heterocycles. The number of aryl methyl sites for hydroxylation is 1. The maximum Gasteiger partial charge on any atom is 0.261 e. The van der Waals surface area contributed by atoms with E-state index in [4.69, 9.17) is 5.26 Å². The second-order valence-electron chi connectivity index (χ2n) is 4.30. The van der Waals surface area contributed by atoms with Gasteiger partial charge in [0.15, 0.2) is 0 Å². The summed E-state index contributed by atoms with van der Waals surface area (Å²) in [7, 11) is -3.74. The van der Waals surface area contributed by atoms with E-state index in [1.165, 1.54) is 30.3 Å². The fourth-order valence-electron chi connectivity index (χ4n) is 1.67. The molecule has 0 unspecified atom stereocenters. The van der Waals surface area contributed by atoms with Crippen molar-refractivity contribution in [3.05, 3.63) is 53.6 Å². The van der Waals surface area contributed by atoms with E-state index in [2.05, 4.69) is 4.72 Å². The number of hydrogen-bond acceptors (Lipinski definition) is 4. The normalized spacial score (nSPS) is 10.8. The monoisotopic (exact) mass is 288 g/mol. The van der Waals surface area contributed by atoms with E-state index in [9.17, 15) is 13.5 Å². The number of anilines is 1. The minimum atomic E-state index is -3.74. The Hall–Kier alpha value is -2.52. The van der Waals surface area contributed by atoms with Crippen molar-refractivity contribution in [3.63, 3.8) is 0 Å². The Morgan fingerprint density at radius 3 is 2.40 bits per heavy atom. The molecule has 0 amide bonds. The zero-order chi connectivity index (χ0) is 14.8. The number of phenolic OH excluding ortho intramolecular Hbond substituents is 1. The van der Waals surface area contributed by atoms with Gasteiger partial charge in [-0.15, -0.1) is 0 Å². The molecule has 0 saturated carbocycles.